The quantitative estimate of drug-likeness (QED) is 0.506. The lowest BCUT2D eigenvalue weighted by atomic mass is 10.4. The minimum Gasteiger partial charge on any atom is -0.383 e. The number of hydrogen-bond acceptors (Lipinski definition) is 6. The number of nitrogens with zero attached hydrogens (tertiary/aromatic N) is 3. The van der Waals surface area contributed by atoms with Crippen LogP contribution in [0.2, 0.25) is 0 Å². The molecule has 1 aromatic heterocycles. The summed E-state index contributed by atoms with van der Waals surface area (Å²) in [6.07, 6.45) is 0.965. The molecule has 0 aliphatic rings. The van der Waals surface area contributed by atoms with Gasteiger partial charge in [-0.1, -0.05) is 18.7 Å². The van der Waals surface area contributed by atoms with Crippen LogP contribution in [0, 0.1) is 0 Å². The van der Waals surface area contributed by atoms with Crippen LogP contribution in [-0.4, -0.2) is 46.2 Å². The molecule has 1 rings (SSSR count). The van der Waals surface area contributed by atoms with Crippen LogP contribution >= 0.6 is 11.8 Å². The van der Waals surface area contributed by atoms with Crippen LogP contribution in [-0.2, 0) is 22.6 Å². The molecule has 7 nitrogen and oxygen atoms in total. The molecule has 1 atom stereocenters. The highest BCUT2D eigenvalue weighted by Crippen LogP contribution is 2.22. The van der Waals surface area contributed by atoms with Gasteiger partial charge in [-0.2, -0.15) is 0 Å². The van der Waals surface area contributed by atoms with Crippen LogP contribution in [0.15, 0.2) is 5.16 Å². The number of methoxy groups -OCH3 is 1. The number of rotatable bonds is 9. The van der Waals surface area contributed by atoms with Gasteiger partial charge in [0.15, 0.2) is 5.16 Å². The van der Waals surface area contributed by atoms with Gasteiger partial charge >= 0.3 is 0 Å². The maximum atomic E-state index is 11.9. The van der Waals surface area contributed by atoms with Crippen molar-refractivity contribution in [1.29, 1.82) is 0 Å². The number of nitrogens with two attached hydrogens (primary N) is 1. The van der Waals surface area contributed by atoms with E-state index in [2.05, 4.69) is 22.4 Å². The van der Waals surface area contributed by atoms with E-state index in [9.17, 15) is 4.79 Å². The molecular weight excluding hydrogens is 278 g/mol. The molecular formula is C12H23N5O2S. The fourth-order valence-electron chi connectivity index (χ4n) is 1.64. The lowest BCUT2D eigenvalue weighted by Gasteiger charge is -2.12. The second kappa shape index (κ2) is 8.93. The molecule has 3 N–H and O–H groups in total. The summed E-state index contributed by atoms with van der Waals surface area (Å²) >= 11 is 1.39. The van der Waals surface area contributed by atoms with Crippen molar-refractivity contribution in [3.8, 4) is 0 Å². The number of nitrogens with one attached hydrogen (secondary N) is 1. The highest BCUT2D eigenvalue weighted by atomic mass is 32.2. The predicted octanol–water partition coefficient (Wildman–Crippen LogP) is 0.390. The Balaban J connectivity index is 2.62. The monoisotopic (exact) mass is 301 g/mol. The average molecular weight is 301 g/mol. The minimum atomic E-state index is -0.239. The van der Waals surface area contributed by atoms with Gasteiger partial charge in [-0.25, -0.2) is 0 Å². The molecule has 1 aromatic rings. The molecule has 1 unspecified atom stereocenters. The van der Waals surface area contributed by atoms with E-state index in [1.807, 2.05) is 11.5 Å². The van der Waals surface area contributed by atoms with E-state index >= 15 is 0 Å². The summed E-state index contributed by atoms with van der Waals surface area (Å²) in [5, 5.41) is 11.5. The summed E-state index contributed by atoms with van der Waals surface area (Å²) in [6.45, 7) is 6.10. The van der Waals surface area contributed by atoms with Gasteiger partial charge in [0.05, 0.1) is 18.4 Å². The Hall–Kier alpha value is -1.12. The maximum Gasteiger partial charge on any atom is 0.233 e. The van der Waals surface area contributed by atoms with Gasteiger partial charge in [-0.05, 0) is 13.3 Å². The van der Waals surface area contributed by atoms with E-state index in [0.717, 1.165) is 23.9 Å². The average Bonchev–Trinajstić information content (AvgIpc) is 2.81. The first-order chi connectivity index (χ1) is 9.63. The van der Waals surface area contributed by atoms with E-state index in [1.165, 1.54) is 11.8 Å². The SMILES string of the molecule is CCCn1c(CN)nnc1SC(C)C(=O)NCCOC. The molecule has 0 aliphatic carbocycles. The Labute approximate surface area is 123 Å². The third-order valence-corrected chi connectivity index (χ3v) is 3.76. The third-order valence-electron chi connectivity index (χ3n) is 2.68. The van der Waals surface area contributed by atoms with Gasteiger partial charge in [-0.3, -0.25) is 4.79 Å². The molecule has 0 aromatic carbocycles. The Morgan fingerprint density at radius 1 is 1.55 bits per heavy atom. The topological polar surface area (TPSA) is 95.1 Å². The zero-order valence-corrected chi connectivity index (χ0v) is 13.1. The largest absolute Gasteiger partial charge is 0.383 e. The van der Waals surface area contributed by atoms with Crippen molar-refractivity contribution < 1.29 is 9.53 Å². The number of hydrogen-bond donors (Lipinski definition) is 2. The summed E-state index contributed by atoms with van der Waals surface area (Å²) < 4.78 is 6.87. The summed E-state index contributed by atoms with van der Waals surface area (Å²) in [5.41, 5.74) is 5.64. The van der Waals surface area contributed by atoms with Crippen LogP contribution in [0.4, 0.5) is 0 Å². The van der Waals surface area contributed by atoms with E-state index in [1.54, 1.807) is 7.11 Å². The highest BCUT2D eigenvalue weighted by molar-refractivity contribution is 8.00. The number of ether oxygens (including phenoxy) is 1. The van der Waals surface area contributed by atoms with Gasteiger partial charge < -0.3 is 20.4 Å². The standard InChI is InChI=1S/C12H23N5O2S/c1-4-6-17-10(8-13)15-16-12(17)20-9(2)11(18)14-5-7-19-3/h9H,4-8,13H2,1-3H3,(H,14,18). The maximum absolute atomic E-state index is 11.9. The molecule has 114 valence electrons. The van der Waals surface area contributed by atoms with Gasteiger partial charge in [-0.15, -0.1) is 10.2 Å². The van der Waals surface area contributed by atoms with Gasteiger partial charge in [0.25, 0.3) is 0 Å². The Morgan fingerprint density at radius 3 is 2.90 bits per heavy atom. The molecule has 0 fully saturated rings. The highest BCUT2D eigenvalue weighted by Gasteiger charge is 2.19. The van der Waals surface area contributed by atoms with Crippen molar-refractivity contribution in [3.05, 3.63) is 5.82 Å². The van der Waals surface area contributed by atoms with Crippen molar-refractivity contribution in [2.75, 3.05) is 20.3 Å². The summed E-state index contributed by atoms with van der Waals surface area (Å²) in [6, 6.07) is 0. The zero-order chi connectivity index (χ0) is 15.0. The van der Waals surface area contributed by atoms with Crippen molar-refractivity contribution in [1.82, 2.24) is 20.1 Å². The van der Waals surface area contributed by atoms with E-state index < -0.39 is 0 Å². The summed E-state index contributed by atoms with van der Waals surface area (Å²) in [5.74, 6) is 0.716. The van der Waals surface area contributed by atoms with Gasteiger partial charge in [0.2, 0.25) is 5.91 Å². The fourth-order valence-corrected chi connectivity index (χ4v) is 2.56. The molecule has 8 heteroatoms. The van der Waals surface area contributed by atoms with Crippen LogP contribution in [0.1, 0.15) is 26.1 Å². The van der Waals surface area contributed by atoms with Gasteiger partial charge in [0.1, 0.15) is 5.82 Å². The molecule has 0 bridgehead atoms. The Morgan fingerprint density at radius 2 is 2.30 bits per heavy atom. The number of thioether (sulfide) groups is 1. The molecule has 1 amide bonds. The van der Waals surface area contributed by atoms with E-state index in [0.29, 0.717) is 19.7 Å². The van der Waals surface area contributed by atoms with Crippen LogP contribution in [0.5, 0.6) is 0 Å². The van der Waals surface area contributed by atoms with Gasteiger partial charge in [0, 0.05) is 20.2 Å². The smallest absolute Gasteiger partial charge is 0.233 e. The first kappa shape index (κ1) is 16.9. The van der Waals surface area contributed by atoms with Crippen molar-refractivity contribution >= 4 is 17.7 Å². The zero-order valence-electron chi connectivity index (χ0n) is 12.3. The predicted molar refractivity (Wildman–Crippen MR) is 78.4 cm³/mol. The Kier molecular flexibility index (Phi) is 7.56. The minimum absolute atomic E-state index is 0.0348. The normalized spacial score (nSPS) is 12.4. The number of aromatic nitrogens is 3. The second-order valence-corrected chi connectivity index (χ2v) is 5.61. The molecule has 0 saturated heterocycles. The molecule has 0 spiro atoms. The fraction of sp³-hybridized carbons (Fsp3) is 0.750. The van der Waals surface area contributed by atoms with Crippen molar-refractivity contribution in [3.63, 3.8) is 0 Å². The number of carbonyl (C=O) groups is 1. The lowest BCUT2D eigenvalue weighted by molar-refractivity contribution is -0.120. The van der Waals surface area contributed by atoms with Crippen LogP contribution in [0.3, 0.4) is 0 Å². The second-order valence-electron chi connectivity index (χ2n) is 4.30. The summed E-state index contributed by atoms with van der Waals surface area (Å²) in [7, 11) is 1.60. The summed E-state index contributed by atoms with van der Waals surface area (Å²) in [4.78, 5) is 11.9. The number of carbonyl (C=O) groups excluding carboxylic acids is 1. The van der Waals surface area contributed by atoms with Crippen LogP contribution in [0.25, 0.3) is 0 Å². The molecule has 1 heterocycles. The van der Waals surface area contributed by atoms with Crippen LogP contribution < -0.4 is 11.1 Å². The Bertz CT molecular complexity index is 424. The van der Waals surface area contributed by atoms with E-state index in [4.69, 9.17) is 10.5 Å². The first-order valence-corrected chi connectivity index (χ1v) is 7.57. The van der Waals surface area contributed by atoms with Crippen molar-refractivity contribution in [2.24, 2.45) is 5.73 Å². The van der Waals surface area contributed by atoms with Crippen molar-refractivity contribution in [2.45, 2.75) is 43.8 Å². The number of amides is 1. The molecule has 0 saturated carbocycles. The molecule has 0 aliphatic heterocycles. The first-order valence-electron chi connectivity index (χ1n) is 6.69. The third kappa shape index (κ3) is 4.77. The van der Waals surface area contributed by atoms with E-state index in [-0.39, 0.29) is 11.2 Å². The molecule has 0 radical (unpaired) electrons. The molecule has 20 heavy (non-hydrogen) atoms. The lowest BCUT2D eigenvalue weighted by Crippen LogP contribution is -2.33.